The highest BCUT2D eigenvalue weighted by molar-refractivity contribution is 7.22. The Morgan fingerprint density at radius 2 is 2.04 bits per heavy atom. The van der Waals surface area contributed by atoms with E-state index in [0.29, 0.717) is 19.9 Å². The summed E-state index contributed by atoms with van der Waals surface area (Å²) in [6.07, 6.45) is -0.367. The maximum Gasteiger partial charge on any atom is 0.237 e. The number of oxazole rings is 1. The fourth-order valence-corrected chi connectivity index (χ4v) is 4.51. The number of carboxylic acids is 1. The lowest BCUT2D eigenvalue weighted by Crippen LogP contribution is -2.24. The lowest BCUT2D eigenvalue weighted by molar-refractivity contribution is -0.304. The molecule has 0 spiro atoms. The van der Waals surface area contributed by atoms with E-state index in [9.17, 15) is 14.3 Å². The molecule has 4 aromatic rings. The predicted octanol–water partition coefficient (Wildman–Crippen LogP) is 4.37. The van der Waals surface area contributed by atoms with Crippen LogP contribution in [-0.4, -0.2) is 11.0 Å². The van der Waals surface area contributed by atoms with Crippen LogP contribution < -0.4 is 5.11 Å². The molecule has 3 heterocycles. The first-order valence-corrected chi connectivity index (χ1v) is 9.15. The summed E-state index contributed by atoms with van der Waals surface area (Å²) in [7, 11) is 0. The van der Waals surface area contributed by atoms with E-state index in [1.165, 1.54) is 34.8 Å². The van der Waals surface area contributed by atoms with Crippen LogP contribution in [0.4, 0.5) is 4.39 Å². The Kier molecular flexibility index (Phi) is 4.07. The van der Waals surface area contributed by atoms with Gasteiger partial charge < -0.3 is 14.3 Å². The van der Waals surface area contributed by atoms with Gasteiger partial charge in [-0.15, -0.1) is 22.7 Å². The summed E-state index contributed by atoms with van der Waals surface area (Å²) in [5.41, 5.74) is 0.275. The number of hydrogen-bond donors (Lipinski definition) is 0. The van der Waals surface area contributed by atoms with Crippen LogP contribution in [0.25, 0.3) is 31.5 Å². The van der Waals surface area contributed by atoms with Crippen LogP contribution >= 0.6 is 34.3 Å². The number of nitrogens with zero attached hydrogens (tertiary/aromatic N) is 1. The summed E-state index contributed by atoms with van der Waals surface area (Å²) < 4.78 is 20.5. The van der Waals surface area contributed by atoms with Crippen molar-refractivity contribution in [3.8, 4) is 21.4 Å². The average Bonchev–Trinajstić information content (AvgIpc) is 3.24. The molecule has 0 saturated carbocycles. The van der Waals surface area contributed by atoms with Crippen LogP contribution in [0.3, 0.4) is 0 Å². The molecule has 4 rings (SSSR count). The van der Waals surface area contributed by atoms with E-state index in [4.69, 9.17) is 16.0 Å². The van der Waals surface area contributed by atoms with Crippen molar-refractivity contribution in [2.45, 2.75) is 6.42 Å². The fraction of sp³-hybridized carbons (Fsp3) is 0.0588. The first-order valence-electron chi connectivity index (χ1n) is 7.14. The van der Waals surface area contributed by atoms with Crippen molar-refractivity contribution in [1.82, 2.24) is 4.98 Å². The molecule has 0 N–H and O–H groups in total. The first-order chi connectivity index (χ1) is 12.0. The van der Waals surface area contributed by atoms with Gasteiger partial charge in [-0.25, -0.2) is 9.37 Å². The Labute approximate surface area is 154 Å². The smallest absolute Gasteiger partial charge is 0.237 e. The molecule has 0 bridgehead atoms. The molecule has 0 fully saturated rings. The molecule has 0 aliphatic rings. The number of benzene rings is 1. The number of aromatic nitrogens is 1. The van der Waals surface area contributed by atoms with Crippen molar-refractivity contribution in [3.05, 3.63) is 52.2 Å². The Hall–Kier alpha value is -2.22. The van der Waals surface area contributed by atoms with E-state index in [0.717, 1.165) is 10.1 Å². The largest absolute Gasteiger partial charge is 0.550 e. The highest BCUT2D eigenvalue weighted by atomic mass is 35.5. The van der Waals surface area contributed by atoms with Crippen molar-refractivity contribution in [1.29, 1.82) is 0 Å². The molecule has 0 atom stereocenters. The number of rotatable bonds is 4. The minimum Gasteiger partial charge on any atom is -0.550 e. The summed E-state index contributed by atoms with van der Waals surface area (Å²) in [5, 5.41) is 11.9. The summed E-state index contributed by atoms with van der Waals surface area (Å²) >= 11 is 8.55. The lowest BCUT2D eigenvalue weighted by Gasteiger charge is -1.99. The highest BCUT2D eigenvalue weighted by Crippen LogP contribution is 2.39. The molecule has 3 aromatic heterocycles. The average molecular weight is 393 g/mol. The molecule has 0 unspecified atom stereocenters. The minimum atomic E-state index is -1.25. The number of hydrogen-bond acceptors (Lipinski definition) is 6. The van der Waals surface area contributed by atoms with Gasteiger partial charge in [0, 0.05) is 17.1 Å². The first kappa shape index (κ1) is 16.3. The van der Waals surface area contributed by atoms with Crippen LogP contribution in [0.5, 0.6) is 0 Å². The van der Waals surface area contributed by atoms with Crippen molar-refractivity contribution in [2.24, 2.45) is 0 Å². The third-order valence-corrected chi connectivity index (χ3v) is 5.81. The minimum absolute atomic E-state index is 0.275. The molecule has 8 heteroatoms. The molecule has 0 radical (unpaired) electrons. The summed E-state index contributed by atoms with van der Waals surface area (Å²) in [5.74, 6) is -0.917. The van der Waals surface area contributed by atoms with Crippen LogP contribution in [-0.2, 0) is 11.2 Å². The molecule has 0 aliphatic heterocycles. The van der Waals surface area contributed by atoms with Crippen molar-refractivity contribution in [2.75, 3.05) is 0 Å². The van der Waals surface area contributed by atoms with Gasteiger partial charge in [-0.05, 0) is 35.7 Å². The van der Waals surface area contributed by atoms with Gasteiger partial charge in [0.15, 0.2) is 5.76 Å². The Morgan fingerprint density at radius 3 is 2.76 bits per heavy atom. The molecule has 0 saturated heterocycles. The zero-order valence-electron chi connectivity index (χ0n) is 12.4. The topological polar surface area (TPSA) is 66.2 Å². The monoisotopic (exact) mass is 392 g/mol. The zero-order chi connectivity index (χ0) is 17.6. The Bertz CT molecular complexity index is 1100. The number of thiophene rings is 2. The van der Waals surface area contributed by atoms with Crippen molar-refractivity contribution < 1.29 is 18.7 Å². The third kappa shape index (κ3) is 3.18. The molecular weight excluding hydrogens is 385 g/mol. The molecule has 126 valence electrons. The van der Waals surface area contributed by atoms with Crippen LogP contribution in [0.2, 0.25) is 4.34 Å². The van der Waals surface area contributed by atoms with Crippen molar-refractivity contribution >= 4 is 50.3 Å². The second kappa shape index (κ2) is 6.25. The van der Waals surface area contributed by atoms with Gasteiger partial charge >= 0.3 is 0 Å². The van der Waals surface area contributed by atoms with Crippen LogP contribution in [0.15, 0.2) is 40.8 Å². The van der Waals surface area contributed by atoms with E-state index >= 15 is 0 Å². The Balaban J connectivity index is 1.83. The van der Waals surface area contributed by atoms with E-state index in [2.05, 4.69) is 4.98 Å². The SMILES string of the molecule is O=C([O-])Cc1nc(-c2cc3ccc(F)cc3s2)oc1-c1ccc(Cl)s1. The summed E-state index contributed by atoms with van der Waals surface area (Å²) in [4.78, 5) is 16.7. The van der Waals surface area contributed by atoms with Gasteiger partial charge in [-0.1, -0.05) is 17.7 Å². The second-order valence-electron chi connectivity index (χ2n) is 5.24. The molecular formula is C17H8ClFNO3S2-. The van der Waals surface area contributed by atoms with E-state index in [1.807, 2.05) is 6.07 Å². The second-order valence-corrected chi connectivity index (χ2v) is 8.04. The van der Waals surface area contributed by atoms with E-state index in [-0.39, 0.29) is 23.8 Å². The number of carbonyl (C=O) groups excluding carboxylic acids is 1. The maximum absolute atomic E-state index is 13.4. The highest BCUT2D eigenvalue weighted by Gasteiger charge is 2.19. The standard InChI is InChI=1S/C17H9ClFNO3S2/c18-14-4-3-11(25-14)16-10(7-15(21)22)20-17(23-16)13-5-8-1-2-9(19)6-12(8)24-13/h1-6H,7H2,(H,21,22)/p-1. The van der Waals surface area contributed by atoms with Gasteiger partial charge in [-0.3, -0.25) is 0 Å². The van der Waals surface area contributed by atoms with Gasteiger partial charge in [0.1, 0.15) is 5.82 Å². The predicted molar refractivity (Wildman–Crippen MR) is 94.3 cm³/mol. The molecule has 0 amide bonds. The number of halogens is 2. The van der Waals surface area contributed by atoms with Gasteiger partial charge in [0.05, 0.1) is 19.8 Å². The molecule has 4 nitrogen and oxygen atoms in total. The van der Waals surface area contributed by atoms with Crippen molar-refractivity contribution in [3.63, 3.8) is 0 Å². The number of carboxylic acid groups (broad SMARTS) is 1. The normalized spacial score (nSPS) is 11.3. The van der Waals surface area contributed by atoms with E-state index < -0.39 is 5.97 Å². The number of carbonyl (C=O) groups is 1. The van der Waals surface area contributed by atoms with Crippen LogP contribution in [0.1, 0.15) is 5.69 Å². The molecule has 1 aromatic carbocycles. The molecule has 0 aliphatic carbocycles. The fourth-order valence-electron chi connectivity index (χ4n) is 2.45. The van der Waals surface area contributed by atoms with Gasteiger partial charge in [0.25, 0.3) is 0 Å². The summed E-state index contributed by atoms with van der Waals surface area (Å²) in [6, 6.07) is 9.78. The van der Waals surface area contributed by atoms with Gasteiger partial charge in [-0.2, -0.15) is 0 Å². The summed E-state index contributed by atoms with van der Waals surface area (Å²) in [6.45, 7) is 0. The lowest BCUT2D eigenvalue weighted by atomic mass is 10.2. The van der Waals surface area contributed by atoms with E-state index in [1.54, 1.807) is 18.2 Å². The maximum atomic E-state index is 13.4. The molecule has 25 heavy (non-hydrogen) atoms. The third-order valence-electron chi connectivity index (χ3n) is 3.50. The number of fused-ring (bicyclic) bond motifs is 1. The van der Waals surface area contributed by atoms with Crippen LogP contribution in [0, 0.1) is 5.82 Å². The number of aliphatic carboxylic acids is 1. The zero-order valence-corrected chi connectivity index (χ0v) is 14.8. The van der Waals surface area contributed by atoms with Gasteiger partial charge in [0.2, 0.25) is 5.89 Å². The Morgan fingerprint density at radius 1 is 1.20 bits per heavy atom. The quantitative estimate of drug-likeness (QED) is 0.517.